The quantitative estimate of drug-likeness (QED) is 0.150. The summed E-state index contributed by atoms with van der Waals surface area (Å²) in [7, 11) is 0. The Kier molecular flexibility index (Phi) is 10.7. The van der Waals surface area contributed by atoms with Gasteiger partial charge >= 0.3 is 0 Å². The third-order valence-corrected chi connectivity index (χ3v) is 10.1. The standard InChI is InChI=1S/C39H33N2O.C13H12N.Ir/c1-25(2)31-18-13-19-32(26(3)4)37(31)41-35-21-12-11-20-34(35)40-39(41)30-22-29-24-36(28-16-9-6-10-17-28)42-38(29)33(23-30)27-14-7-5-8-15-27;1-10-3-6-12(7-4-10)13-8-5-11(2)9-14-13;/h5-21,23-26H,1-4H3;3-6,8-9H,1-2H3;/q2*-1;/i;2D3;. The number of aryl methyl sites for hydroxylation is 2. The molecule has 285 valence electrons. The first-order valence-corrected chi connectivity index (χ1v) is 19.1. The number of fused-ring (bicyclic) bond motifs is 2. The molecule has 1 radical (unpaired) electrons. The van der Waals surface area contributed by atoms with E-state index in [-0.39, 0.29) is 25.7 Å². The molecule has 3 aromatic heterocycles. The molecule has 0 fully saturated rings. The van der Waals surface area contributed by atoms with Crippen molar-refractivity contribution in [2.75, 3.05) is 0 Å². The number of benzene rings is 6. The van der Waals surface area contributed by atoms with Crippen LogP contribution in [0, 0.1) is 25.9 Å². The first kappa shape index (κ1) is 35.5. The van der Waals surface area contributed by atoms with Crippen LogP contribution in [-0.2, 0) is 20.1 Å². The Morgan fingerprint density at radius 2 is 1.35 bits per heavy atom. The van der Waals surface area contributed by atoms with Crippen LogP contribution in [0.25, 0.3) is 72.8 Å². The zero-order valence-corrected chi connectivity index (χ0v) is 35.1. The van der Waals surface area contributed by atoms with Crippen LogP contribution >= 0.6 is 0 Å². The predicted octanol–water partition coefficient (Wildman–Crippen LogP) is 14.0. The SMILES string of the molecule is CC(C)c1cccc(C(C)C)c1-n1c(-c2[c-]c3cc(-c4ccccc4)oc3c(-c3ccccc3)c2)nc2ccccc21.[2H]C([2H])([2H])c1ccc(-c2[c-]cc(C)cc2)nc1.[Ir]. The third-order valence-electron chi connectivity index (χ3n) is 10.1. The first-order chi connectivity index (χ1) is 28.5. The summed E-state index contributed by atoms with van der Waals surface area (Å²) in [6, 6.07) is 56.1. The molecule has 5 heteroatoms. The van der Waals surface area contributed by atoms with Gasteiger partial charge in [0.05, 0.1) is 28.2 Å². The summed E-state index contributed by atoms with van der Waals surface area (Å²) in [5, 5.41) is 0.935. The van der Waals surface area contributed by atoms with Gasteiger partial charge in [-0.3, -0.25) is 4.98 Å². The van der Waals surface area contributed by atoms with Crippen molar-refractivity contribution in [2.45, 2.75) is 53.3 Å². The number of aromatic nitrogens is 3. The molecule has 0 bridgehead atoms. The van der Waals surface area contributed by atoms with Crippen LogP contribution < -0.4 is 0 Å². The minimum atomic E-state index is -2.09. The van der Waals surface area contributed by atoms with E-state index in [4.69, 9.17) is 13.5 Å². The number of para-hydroxylation sites is 3. The minimum absolute atomic E-state index is 0. The van der Waals surface area contributed by atoms with Gasteiger partial charge in [0.2, 0.25) is 0 Å². The monoisotopic (exact) mass is 923 g/mol. The van der Waals surface area contributed by atoms with E-state index < -0.39 is 6.85 Å². The summed E-state index contributed by atoms with van der Waals surface area (Å²) in [5.74, 6) is 2.41. The Morgan fingerprint density at radius 3 is 1.98 bits per heavy atom. The van der Waals surface area contributed by atoms with Gasteiger partial charge in [-0.25, -0.2) is 0 Å². The summed E-state index contributed by atoms with van der Waals surface area (Å²) in [4.78, 5) is 9.42. The van der Waals surface area contributed by atoms with Gasteiger partial charge in [0, 0.05) is 41.7 Å². The van der Waals surface area contributed by atoms with Crippen molar-refractivity contribution in [3.8, 4) is 50.8 Å². The topological polar surface area (TPSA) is 43.9 Å². The fourth-order valence-corrected chi connectivity index (χ4v) is 7.19. The van der Waals surface area contributed by atoms with Crippen LogP contribution in [-0.4, -0.2) is 14.5 Å². The zero-order chi connectivity index (χ0) is 41.3. The molecule has 0 aliphatic rings. The summed E-state index contributed by atoms with van der Waals surface area (Å²) >= 11 is 0. The van der Waals surface area contributed by atoms with Crippen LogP contribution in [0.3, 0.4) is 0 Å². The molecule has 0 amide bonds. The Morgan fingerprint density at radius 1 is 0.684 bits per heavy atom. The second kappa shape index (κ2) is 17.1. The van der Waals surface area contributed by atoms with Crippen molar-refractivity contribution in [1.82, 2.24) is 14.5 Å². The van der Waals surface area contributed by atoms with Crippen molar-refractivity contribution in [3.63, 3.8) is 0 Å². The molecular weight excluding hydrogens is 875 g/mol. The molecule has 0 N–H and O–H groups in total. The van der Waals surface area contributed by atoms with E-state index in [9.17, 15) is 0 Å². The maximum absolute atomic E-state index is 7.26. The number of nitrogens with zero attached hydrogens (tertiary/aromatic N) is 3. The molecule has 3 heterocycles. The van der Waals surface area contributed by atoms with Gasteiger partial charge in [0.15, 0.2) is 0 Å². The molecular formula is C52H45IrN3O-2. The van der Waals surface area contributed by atoms with Gasteiger partial charge in [0.25, 0.3) is 0 Å². The Bertz CT molecular complexity index is 2840. The molecule has 0 spiro atoms. The number of hydrogen-bond donors (Lipinski definition) is 0. The van der Waals surface area contributed by atoms with Gasteiger partial charge in [0.1, 0.15) is 0 Å². The smallest absolute Gasteiger partial charge is 0.0914 e. The minimum Gasteiger partial charge on any atom is -0.499 e. The van der Waals surface area contributed by atoms with Crippen LogP contribution in [0.15, 0.2) is 156 Å². The Labute approximate surface area is 353 Å². The van der Waals surface area contributed by atoms with Crippen LogP contribution in [0.5, 0.6) is 0 Å². The maximum Gasteiger partial charge on any atom is 0.0914 e. The number of hydrogen-bond acceptors (Lipinski definition) is 3. The number of pyridine rings is 1. The molecule has 0 saturated carbocycles. The van der Waals surface area contributed by atoms with Crippen molar-refractivity contribution < 1.29 is 28.6 Å². The number of furan rings is 1. The first-order valence-electron chi connectivity index (χ1n) is 20.6. The van der Waals surface area contributed by atoms with E-state index >= 15 is 0 Å². The molecule has 0 aliphatic heterocycles. The van der Waals surface area contributed by atoms with E-state index in [1.165, 1.54) is 23.0 Å². The molecule has 0 atom stereocenters. The van der Waals surface area contributed by atoms with E-state index in [0.717, 1.165) is 72.7 Å². The van der Waals surface area contributed by atoms with Gasteiger partial charge in [-0.2, -0.15) is 0 Å². The van der Waals surface area contributed by atoms with Crippen LogP contribution in [0.1, 0.15) is 65.9 Å². The average Bonchev–Trinajstić information content (AvgIpc) is 3.86. The van der Waals surface area contributed by atoms with Crippen LogP contribution in [0.4, 0.5) is 0 Å². The Hall–Kier alpha value is -5.87. The summed E-state index contributed by atoms with van der Waals surface area (Å²) in [6.45, 7) is 8.97. The zero-order valence-electron chi connectivity index (χ0n) is 35.7. The van der Waals surface area contributed by atoms with E-state index in [1.807, 2.05) is 49.4 Å². The molecule has 0 unspecified atom stereocenters. The molecule has 0 saturated heterocycles. The number of rotatable bonds is 7. The average molecular weight is 923 g/mol. The van der Waals surface area contributed by atoms with Gasteiger partial charge in [-0.05, 0) is 64.3 Å². The maximum atomic E-state index is 7.26. The van der Waals surface area contributed by atoms with Crippen molar-refractivity contribution >= 4 is 22.0 Å². The molecule has 9 aromatic rings. The van der Waals surface area contributed by atoms with Crippen molar-refractivity contribution in [1.29, 1.82) is 0 Å². The predicted molar refractivity (Wildman–Crippen MR) is 232 cm³/mol. The van der Waals surface area contributed by atoms with Crippen molar-refractivity contribution in [3.05, 3.63) is 186 Å². The molecule has 57 heavy (non-hydrogen) atoms. The Balaban J connectivity index is 0.000000255. The second-order valence-corrected chi connectivity index (χ2v) is 14.7. The fraction of sp³-hybridized carbons (Fsp3) is 0.154. The van der Waals surface area contributed by atoms with Crippen LogP contribution in [0.2, 0.25) is 0 Å². The number of imidazole rings is 1. The molecule has 9 rings (SSSR count). The summed E-state index contributed by atoms with van der Waals surface area (Å²) in [5.41, 5.74) is 13.8. The van der Waals surface area contributed by atoms with Crippen molar-refractivity contribution in [2.24, 2.45) is 0 Å². The third kappa shape index (κ3) is 8.18. The van der Waals surface area contributed by atoms with E-state index in [2.05, 4.69) is 140 Å². The molecule has 6 aromatic carbocycles. The summed E-state index contributed by atoms with van der Waals surface area (Å²) < 4.78 is 30.7. The second-order valence-electron chi connectivity index (χ2n) is 14.7. The normalized spacial score (nSPS) is 12.2. The molecule has 4 nitrogen and oxygen atoms in total. The van der Waals surface area contributed by atoms with E-state index in [0.29, 0.717) is 11.8 Å². The van der Waals surface area contributed by atoms with Gasteiger partial charge < -0.3 is 14.0 Å². The molecule has 0 aliphatic carbocycles. The summed E-state index contributed by atoms with van der Waals surface area (Å²) in [6.07, 6.45) is 1.40. The fourth-order valence-electron chi connectivity index (χ4n) is 7.19. The van der Waals surface area contributed by atoms with E-state index in [1.54, 1.807) is 12.1 Å². The van der Waals surface area contributed by atoms with Gasteiger partial charge in [-0.15, -0.1) is 47.5 Å². The van der Waals surface area contributed by atoms with Gasteiger partial charge in [-0.1, -0.05) is 155 Å². The largest absolute Gasteiger partial charge is 0.499 e.